The van der Waals surface area contributed by atoms with Gasteiger partial charge in [-0.15, -0.1) is 0 Å². The molecule has 1 amide bonds. The number of carbonyl (C=O) groups is 1. The van der Waals surface area contributed by atoms with Gasteiger partial charge in [0.15, 0.2) is 0 Å². The third-order valence-electron chi connectivity index (χ3n) is 5.84. The number of amides is 1. The van der Waals surface area contributed by atoms with Crippen molar-refractivity contribution in [2.45, 2.75) is 44.6 Å². The van der Waals surface area contributed by atoms with Crippen molar-refractivity contribution in [3.63, 3.8) is 0 Å². The summed E-state index contributed by atoms with van der Waals surface area (Å²) in [6.07, 6.45) is 1.69. The first-order chi connectivity index (χ1) is 14.8. The first kappa shape index (κ1) is 23.4. The highest BCUT2D eigenvalue weighted by Crippen LogP contribution is 2.18. The normalized spacial score (nSPS) is 17.1. The highest BCUT2D eigenvalue weighted by molar-refractivity contribution is 7.89. The molecular weight excluding hydrogens is 410 g/mol. The average Bonchev–Trinajstić information content (AvgIpc) is 3.00. The highest BCUT2D eigenvalue weighted by atomic mass is 32.2. The molecule has 168 valence electrons. The van der Waals surface area contributed by atoms with Crippen molar-refractivity contribution in [3.05, 3.63) is 65.2 Å². The molecule has 1 atom stereocenters. The summed E-state index contributed by atoms with van der Waals surface area (Å²) in [4.78, 5) is 14.9. The lowest BCUT2D eigenvalue weighted by Crippen LogP contribution is -2.40. The number of nitrogens with one attached hydrogen (secondary N) is 1. The van der Waals surface area contributed by atoms with Gasteiger partial charge in [-0.3, -0.25) is 9.69 Å². The topological polar surface area (TPSA) is 69.7 Å². The molecule has 3 rings (SSSR count). The van der Waals surface area contributed by atoms with Gasteiger partial charge in [-0.05, 0) is 56.5 Å². The minimum absolute atomic E-state index is 0.0399. The number of rotatable bonds is 7. The van der Waals surface area contributed by atoms with Crippen molar-refractivity contribution in [1.29, 1.82) is 0 Å². The molecule has 6 nitrogen and oxygen atoms in total. The maximum absolute atomic E-state index is 13.0. The van der Waals surface area contributed by atoms with E-state index in [1.54, 1.807) is 12.1 Å². The smallest absolute Gasteiger partial charge is 0.243 e. The van der Waals surface area contributed by atoms with Crippen LogP contribution >= 0.6 is 0 Å². The van der Waals surface area contributed by atoms with Crippen molar-refractivity contribution in [1.82, 2.24) is 14.5 Å². The van der Waals surface area contributed by atoms with Gasteiger partial charge in [0, 0.05) is 19.6 Å². The Morgan fingerprint density at radius 1 is 1.00 bits per heavy atom. The van der Waals surface area contributed by atoms with Crippen LogP contribution in [0.25, 0.3) is 0 Å². The molecule has 0 radical (unpaired) electrons. The van der Waals surface area contributed by atoms with Crippen LogP contribution in [0.2, 0.25) is 0 Å². The standard InChI is InChI=1S/C24H33N3O3S/c1-4-21-8-10-22(11-9-21)20(3)25-24(28)18-26-14-5-15-27(17-16-26)31(29,30)23-12-6-19(2)7-13-23/h6-13,20H,4-5,14-18H2,1-3H3,(H,25,28). The first-order valence-corrected chi connectivity index (χ1v) is 12.4. The Kier molecular flexibility index (Phi) is 7.86. The Bertz CT molecular complexity index is 972. The van der Waals surface area contributed by atoms with Gasteiger partial charge in [0.1, 0.15) is 0 Å². The van der Waals surface area contributed by atoms with Crippen LogP contribution in [0, 0.1) is 6.92 Å². The van der Waals surface area contributed by atoms with Crippen LogP contribution in [-0.2, 0) is 21.2 Å². The summed E-state index contributed by atoms with van der Waals surface area (Å²) in [5, 5.41) is 3.06. The Labute approximate surface area is 186 Å². The molecule has 1 unspecified atom stereocenters. The molecule has 1 aliphatic rings. The summed E-state index contributed by atoms with van der Waals surface area (Å²) in [6, 6.07) is 15.2. The van der Waals surface area contributed by atoms with E-state index in [0.29, 0.717) is 37.5 Å². The number of carbonyl (C=O) groups excluding carboxylic acids is 1. The molecule has 31 heavy (non-hydrogen) atoms. The number of benzene rings is 2. The molecule has 7 heteroatoms. The van der Waals surface area contributed by atoms with E-state index in [4.69, 9.17) is 0 Å². The van der Waals surface area contributed by atoms with Crippen LogP contribution in [0.3, 0.4) is 0 Å². The van der Waals surface area contributed by atoms with Gasteiger partial charge >= 0.3 is 0 Å². The Hall–Kier alpha value is -2.22. The highest BCUT2D eigenvalue weighted by Gasteiger charge is 2.27. The van der Waals surface area contributed by atoms with Gasteiger partial charge in [-0.25, -0.2) is 8.42 Å². The van der Waals surface area contributed by atoms with E-state index in [1.165, 1.54) is 9.87 Å². The molecule has 0 spiro atoms. The number of nitrogens with zero attached hydrogens (tertiary/aromatic N) is 2. The van der Waals surface area contributed by atoms with Crippen LogP contribution in [0.4, 0.5) is 0 Å². The maximum atomic E-state index is 13.0. The van der Waals surface area contributed by atoms with Gasteiger partial charge in [0.05, 0.1) is 17.5 Å². The van der Waals surface area contributed by atoms with Crippen molar-refractivity contribution in [2.24, 2.45) is 0 Å². The second-order valence-corrected chi connectivity index (χ2v) is 10.2. The molecule has 0 saturated carbocycles. The molecule has 1 fully saturated rings. The molecule has 2 aromatic rings. The second-order valence-electron chi connectivity index (χ2n) is 8.23. The summed E-state index contributed by atoms with van der Waals surface area (Å²) in [5.74, 6) is -0.0399. The molecule has 1 saturated heterocycles. The van der Waals surface area contributed by atoms with Crippen LogP contribution in [0.5, 0.6) is 0 Å². The fourth-order valence-corrected chi connectivity index (χ4v) is 5.29. The Balaban J connectivity index is 1.54. The zero-order chi connectivity index (χ0) is 22.4. The van der Waals surface area contributed by atoms with E-state index < -0.39 is 10.0 Å². The van der Waals surface area contributed by atoms with E-state index >= 15 is 0 Å². The van der Waals surface area contributed by atoms with E-state index in [0.717, 1.165) is 17.5 Å². The lowest BCUT2D eigenvalue weighted by atomic mass is 10.1. The van der Waals surface area contributed by atoms with Crippen LogP contribution < -0.4 is 5.32 Å². The fourth-order valence-electron chi connectivity index (χ4n) is 3.82. The van der Waals surface area contributed by atoms with Crippen molar-refractivity contribution in [3.8, 4) is 0 Å². The fraction of sp³-hybridized carbons (Fsp3) is 0.458. The number of hydrogen-bond donors (Lipinski definition) is 1. The quantitative estimate of drug-likeness (QED) is 0.714. The molecule has 0 aromatic heterocycles. The average molecular weight is 444 g/mol. The number of hydrogen-bond acceptors (Lipinski definition) is 4. The van der Waals surface area contributed by atoms with Gasteiger partial charge in [-0.2, -0.15) is 4.31 Å². The predicted octanol–water partition coefficient (Wildman–Crippen LogP) is 3.13. The Morgan fingerprint density at radius 3 is 2.32 bits per heavy atom. The minimum Gasteiger partial charge on any atom is -0.348 e. The SMILES string of the molecule is CCc1ccc(C(C)NC(=O)CN2CCCN(S(=O)(=O)c3ccc(C)cc3)CC2)cc1. The largest absolute Gasteiger partial charge is 0.348 e. The molecule has 1 N–H and O–H groups in total. The summed E-state index contributed by atoms with van der Waals surface area (Å²) >= 11 is 0. The van der Waals surface area contributed by atoms with Gasteiger partial charge in [-0.1, -0.05) is 48.9 Å². The van der Waals surface area contributed by atoms with E-state index in [1.807, 2.05) is 30.9 Å². The number of sulfonamides is 1. The molecule has 0 bridgehead atoms. The maximum Gasteiger partial charge on any atom is 0.243 e. The molecule has 2 aromatic carbocycles. The van der Waals surface area contributed by atoms with Gasteiger partial charge < -0.3 is 5.32 Å². The predicted molar refractivity (Wildman–Crippen MR) is 123 cm³/mol. The lowest BCUT2D eigenvalue weighted by molar-refractivity contribution is -0.122. The van der Waals surface area contributed by atoms with Gasteiger partial charge in [0.25, 0.3) is 0 Å². The van der Waals surface area contributed by atoms with Crippen LogP contribution in [-0.4, -0.2) is 56.3 Å². The molecule has 1 aliphatic heterocycles. The van der Waals surface area contributed by atoms with E-state index in [2.05, 4.69) is 36.5 Å². The first-order valence-electron chi connectivity index (χ1n) is 11.0. The van der Waals surface area contributed by atoms with Crippen LogP contribution in [0.15, 0.2) is 53.4 Å². The van der Waals surface area contributed by atoms with Crippen molar-refractivity contribution in [2.75, 3.05) is 32.7 Å². The zero-order valence-corrected chi connectivity index (χ0v) is 19.5. The number of aryl methyl sites for hydroxylation is 2. The summed E-state index contributed by atoms with van der Waals surface area (Å²) in [6.45, 7) is 8.41. The second kappa shape index (κ2) is 10.4. The third-order valence-corrected chi connectivity index (χ3v) is 7.75. The van der Waals surface area contributed by atoms with E-state index in [9.17, 15) is 13.2 Å². The minimum atomic E-state index is -3.51. The zero-order valence-electron chi connectivity index (χ0n) is 18.7. The molecular formula is C24H33N3O3S. The molecule has 1 heterocycles. The van der Waals surface area contributed by atoms with Crippen molar-refractivity contribution >= 4 is 15.9 Å². The van der Waals surface area contributed by atoms with E-state index in [-0.39, 0.29) is 18.5 Å². The summed E-state index contributed by atoms with van der Waals surface area (Å²) in [5.41, 5.74) is 3.39. The third kappa shape index (κ3) is 6.15. The Morgan fingerprint density at radius 2 is 1.68 bits per heavy atom. The summed E-state index contributed by atoms with van der Waals surface area (Å²) in [7, 11) is -3.51. The summed E-state index contributed by atoms with van der Waals surface area (Å²) < 4.78 is 27.4. The lowest BCUT2D eigenvalue weighted by Gasteiger charge is -2.22. The molecule has 0 aliphatic carbocycles. The van der Waals surface area contributed by atoms with Gasteiger partial charge in [0.2, 0.25) is 15.9 Å². The monoisotopic (exact) mass is 443 g/mol. The van der Waals surface area contributed by atoms with Crippen molar-refractivity contribution < 1.29 is 13.2 Å². The van der Waals surface area contributed by atoms with Crippen LogP contribution in [0.1, 0.15) is 43.0 Å².